The monoisotopic (exact) mass is 419 g/mol. The predicted octanol–water partition coefficient (Wildman–Crippen LogP) is 4.02. The van der Waals surface area contributed by atoms with Crippen molar-refractivity contribution in [1.29, 1.82) is 0 Å². The maximum absolute atomic E-state index is 13.0. The van der Waals surface area contributed by atoms with E-state index in [0.717, 1.165) is 32.1 Å². The van der Waals surface area contributed by atoms with Crippen LogP contribution in [0.15, 0.2) is 16.1 Å². The number of aromatic nitrogens is 3. The summed E-state index contributed by atoms with van der Waals surface area (Å²) < 4.78 is 5.28. The maximum Gasteiger partial charge on any atom is 0.249 e. The molecule has 1 saturated carbocycles. The third-order valence-electron chi connectivity index (χ3n) is 5.46. The Morgan fingerprint density at radius 1 is 1.21 bits per heavy atom. The number of nitrogens with one attached hydrogen (secondary N) is 2. The van der Waals surface area contributed by atoms with Gasteiger partial charge < -0.3 is 15.2 Å². The van der Waals surface area contributed by atoms with Gasteiger partial charge >= 0.3 is 0 Å². The lowest BCUT2D eigenvalue weighted by Crippen LogP contribution is -2.38. The van der Waals surface area contributed by atoms with Crippen molar-refractivity contribution in [2.45, 2.75) is 71.8 Å². The summed E-state index contributed by atoms with van der Waals surface area (Å²) in [6, 6.07) is -0.339. The summed E-state index contributed by atoms with van der Waals surface area (Å²) in [5, 5.41) is 12.2. The van der Waals surface area contributed by atoms with Crippen molar-refractivity contribution >= 4 is 28.3 Å². The van der Waals surface area contributed by atoms with Crippen LogP contribution in [0, 0.1) is 18.3 Å². The summed E-state index contributed by atoms with van der Waals surface area (Å²) in [5.41, 5.74) is -0.323. The van der Waals surface area contributed by atoms with Gasteiger partial charge in [0.05, 0.1) is 0 Å². The van der Waals surface area contributed by atoms with Crippen molar-refractivity contribution in [3.05, 3.63) is 23.3 Å². The van der Waals surface area contributed by atoms with E-state index < -0.39 is 0 Å². The highest BCUT2D eigenvalue weighted by Gasteiger charge is 2.37. The summed E-state index contributed by atoms with van der Waals surface area (Å²) in [6.45, 7) is 5.76. The summed E-state index contributed by atoms with van der Waals surface area (Å²) >= 11 is 1.39. The van der Waals surface area contributed by atoms with Crippen molar-refractivity contribution in [1.82, 2.24) is 20.4 Å². The van der Waals surface area contributed by atoms with Crippen LogP contribution >= 0.6 is 11.3 Å². The summed E-state index contributed by atoms with van der Waals surface area (Å²) in [5.74, 6) is 0.910. The van der Waals surface area contributed by atoms with E-state index >= 15 is 0 Å². The normalized spacial score (nSPS) is 17.1. The standard InChI is InChI=1S/C20H29N5O3S/c1-13(2)17(18-22-14(3)25-28-18)23-15(26)11-20(7-5-4-6-8-20)12-16(27)24-19-21-9-10-29-19/h9-10,13,17H,4-8,11-12H2,1-3H3,(H,23,26)(H,21,24,27). The Hall–Kier alpha value is -2.29. The fourth-order valence-electron chi connectivity index (χ4n) is 4.03. The largest absolute Gasteiger partial charge is 0.344 e. The van der Waals surface area contributed by atoms with Gasteiger partial charge in [0, 0.05) is 24.4 Å². The molecule has 8 nitrogen and oxygen atoms in total. The van der Waals surface area contributed by atoms with Crippen LogP contribution in [0.3, 0.4) is 0 Å². The number of hydrogen-bond donors (Lipinski definition) is 2. The Labute approximate surface area is 174 Å². The number of amides is 2. The first-order valence-electron chi connectivity index (χ1n) is 10.2. The topological polar surface area (TPSA) is 110 Å². The molecule has 2 heterocycles. The Bertz CT molecular complexity index is 812. The molecule has 2 aromatic heterocycles. The van der Waals surface area contributed by atoms with Crippen molar-refractivity contribution in [3.8, 4) is 0 Å². The molecule has 29 heavy (non-hydrogen) atoms. The Morgan fingerprint density at radius 3 is 2.52 bits per heavy atom. The molecule has 2 amide bonds. The number of aryl methyl sites for hydroxylation is 1. The van der Waals surface area contributed by atoms with Crippen LogP contribution in [-0.4, -0.2) is 26.9 Å². The zero-order valence-corrected chi connectivity index (χ0v) is 18.1. The van der Waals surface area contributed by atoms with E-state index in [9.17, 15) is 9.59 Å². The molecule has 0 saturated heterocycles. The van der Waals surface area contributed by atoms with E-state index in [1.165, 1.54) is 11.3 Å². The van der Waals surface area contributed by atoms with E-state index in [1.54, 1.807) is 13.1 Å². The van der Waals surface area contributed by atoms with Crippen LogP contribution < -0.4 is 10.6 Å². The predicted molar refractivity (Wildman–Crippen MR) is 110 cm³/mol. The number of thiazole rings is 1. The van der Waals surface area contributed by atoms with Gasteiger partial charge in [0.15, 0.2) is 11.0 Å². The molecule has 1 aliphatic rings. The van der Waals surface area contributed by atoms with E-state index in [0.29, 0.717) is 29.7 Å². The average molecular weight is 420 g/mol. The minimum Gasteiger partial charge on any atom is -0.344 e. The van der Waals surface area contributed by atoms with Gasteiger partial charge in [-0.3, -0.25) is 9.59 Å². The van der Waals surface area contributed by atoms with E-state index in [1.807, 2.05) is 19.2 Å². The Morgan fingerprint density at radius 2 is 1.93 bits per heavy atom. The SMILES string of the molecule is Cc1noc(C(NC(=O)CC2(CC(=O)Nc3nccs3)CCCCC2)C(C)C)n1. The lowest BCUT2D eigenvalue weighted by Gasteiger charge is -2.36. The van der Waals surface area contributed by atoms with Gasteiger partial charge in [-0.1, -0.05) is 38.3 Å². The second-order valence-corrected chi connectivity index (χ2v) is 9.16. The quantitative estimate of drug-likeness (QED) is 0.669. The molecule has 0 bridgehead atoms. The molecule has 1 fully saturated rings. The van der Waals surface area contributed by atoms with Crippen LogP contribution in [0.4, 0.5) is 5.13 Å². The van der Waals surface area contributed by atoms with Gasteiger partial charge in [-0.2, -0.15) is 4.98 Å². The second-order valence-electron chi connectivity index (χ2n) is 8.27. The van der Waals surface area contributed by atoms with E-state index in [4.69, 9.17) is 4.52 Å². The minimum absolute atomic E-state index is 0.0801. The number of hydrogen-bond acceptors (Lipinski definition) is 7. The smallest absolute Gasteiger partial charge is 0.249 e. The third kappa shape index (κ3) is 5.85. The Kier molecular flexibility index (Phi) is 7.00. The van der Waals surface area contributed by atoms with Crippen LogP contribution in [0.25, 0.3) is 0 Å². The fourth-order valence-corrected chi connectivity index (χ4v) is 4.57. The first-order valence-corrected chi connectivity index (χ1v) is 11.0. The molecular weight excluding hydrogens is 390 g/mol. The zero-order valence-electron chi connectivity index (χ0n) is 17.2. The van der Waals surface area contributed by atoms with Gasteiger partial charge in [0.1, 0.15) is 6.04 Å². The van der Waals surface area contributed by atoms with Gasteiger partial charge in [0.2, 0.25) is 17.7 Å². The molecule has 0 aromatic carbocycles. The first kappa shape index (κ1) is 21.4. The molecule has 1 aliphatic carbocycles. The zero-order chi connectivity index (χ0) is 20.9. The lowest BCUT2D eigenvalue weighted by molar-refractivity contribution is -0.127. The molecule has 0 spiro atoms. The van der Waals surface area contributed by atoms with E-state index in [-0.39, 0.29) is 29.2 Å². The molecule has 0 aliphatic heterocycles. The summed E-state index contributed by atoms with van der Waals surface area (Å²) in [7, 11) is 0. The molecule has 1 unspecified atom stereocenters. The van der Waals surface area contributed by atoms with Crippen LogP contribution in [-0.2, 0) is 9.59 Å². The summed E-state index contributed by atoms with van der Waals surface area (Å²) in [6.07, 6.45) is 7.27. The van der Waals surface area contributed by atoms with Crippen molar-refractivity contribution in [2.24, 2.45) is 11.3 Å². The van der Waals surface area contributed by atoms with Crippen LogP contribution in [0.1, 0.15) is 76.6 Å². The molecule has 2 N–H and O–H groups in total. The second kappa shape index (κ2) is 9.47. The van der Waals surface area contributed by atoms with Gasteiger partial charge in [-0.05, 0) is 31.1 Å². The maximum atomic E-state index is 13.0. The molecule has 0 radical (unpaired) electrons. The fraction of sp³-hybridized carbons (Fsp3) is 0.650. The van der Waals surface area contributed by atoms with E-state index in [2.05, 4.69) is 25.8 Å². The molecule has 158 valence electrons. The lowest BCUT2D eigenvalue weighted by atomic mass is 9.69. The number of carbonyl (C=O) groups is 2. The third-order valence-corrected chi connectivity index (χ3v) is 6.15. The number of carbonyl (C=O) groups excluding carboxylic acids is 2. The van der Waals surface area contributed by atoms with Crippen molar-refractivity contribution < 1.29 is 14.1 Å². The van der Waals surface area contributed by atoms with Crippen LogP contribution in [0.5, 0.6) is 0 Å². The molecular formula is C20H29N5O3S. The highest BCUT2D eigenvalue weighted by molar-refractivity contribution is 7.13. The molecule has 3 rings (SSSR count). The highest BCUT2D eigenvalue weighted by Crippen LogP contribution is 2.42. The molecule has 2 aromatic rings. The average Bonchev–Trinajstić information content (AvgIpc) is 3.31. The van der Waals surface area contributed by atoms with Gasteiger partial charge in [-0.25, -0.2) is 4.98 Å². The van der Waals surface area contributed by atoms with Crippen LogP contribution in [0.2, 0.25) is 0 Å². The van der Waals surface area contributed by atoms with Crippen molar-refractivity contribution in [3.63, 3.8) is 0 Å². The van der Waals surface area contributed by atoms with Gasteiger partial charge in [0.25, 0.3) is 0 Å². The Balaban J connectivity index is 1.66. The van der Waals surface area contributed by atoms with Gasteiger partial charge in [-0.15, -0.1) is 11.3 Å². The highest BCUT2D eigenvalue weighted by atomic mass is 32.1. The first-order chi connectivity index (χ1) is 13.9. The molecule has 1 atom stereocenters. The number of anilines is 1. The number of nitrogens with zero attached hydrogens (tertiary/aromatic N) is 3. The van der Waals surface area contributed by atoms with Crippen molar-refractivity contribution in [2.75, 3.05) is 5.32 Å². The summed E-state index contributed by atoms with van der Waals surface area (Å²) in [4.78, 5) is 34.0. The minimum atomic E-state index is -0.339. The molecule has 9 heteroatoms. The number of rotatable bonds is 8.